The van der Waals surface area contributed by atoms with Crippen LogP contribution in [0.25, 0.3) is 88.4 Å². The fraction of sp³-hybridized carbons (Fsp3) is 0. The van der Waals surface area contributed by atoms with E-state index in [9.17, 15) is 26.3 Å². The summed E-state index contributed by atoms with van der Waals surface area (Å²) in [7, 11) is 0. The Labute approximate surface area is 343 Å². The van der Waals surface area contributed by atoms with Gasteiger partial charge in [0.25, 0.3) is 0 Å². The first-order chi connectivity index (χ1) is 29.5. The van der Waals surface area contributed by atoms with Crippen molar-refractivity contribution in [3.63, 3.8) is 0 Å². The Bertz CT molecular complexity index is 3620. The molecule has 3 heterocycles. The average molecular weight is 763 g/mol. The van der Waals surface area contributed by atoms with Crippen molar-refractivity contribution in [1.82, 2.24) is 14.1 Å². The Balaban J connectivity index is 1.16. The highest BCUT2D eigenvalue weighted by Crippen LogP contribution is 2.41. The molecule has 0 radical (unpaired) electrons. The van der Waals surface area contributed by atoms with Crippen LogP contribution in [0.4, 0.5) is 0 Å². The number of aromatic nitrogens is 3. The molecule has 8 heteroatoms. The Morgan fingerprint density at radius 3 is 1.42 bits per heavy atom. The average Bonchev–Trinajstić information content (AvgIpc) is 3.83. The van der Waals surface area contributed by atoms with Crippen LogP contribution in [-0.4, -0.2) is 14.1 Å². The molecule has 7 aromatic carbocycles. The molecule has 0 saturated carbocycles. The van der Waals surface area contributed by atoms with Gasteiger partial charge in [-0.2, -0.15) is 26.3 Å². The van der Waals surface area contributed by atoms with Gasteiger partial charge < -0.3 is 9.13 Å². The predicted octanol–water partition coefficient (Wildman–Crippen LogP) is 11.6. The van der Waals surface area contributed by atoms with Gasteiger partial charge in [0, 0.05) is 50.8 Å². The predicted molar refractivity (Wildman–Crippen MR) is 233 cm³/mol. The van der Waals surface area contributed by atoms with E-state index >= 15 is 0 Å². The first-order valence-electron chi connectivity index (χ1n) is 19.0. The third-order valence-electron chi connectivity index (χ3n) is 11.1. The molecule has 274 valence electrons. The topological polar surface area (TPSA) is 142 Å². The van der Waals surface area contributed by atoms with Gasteiger partial charge in [-0.1, -0.05) is 48.5 Å². The fourth-order valence-corrected chi connectivity index (χ4v) is 8.47. The van der Waals surface area contributed by atoms with Crippen molar-refractivity contribution in [2.75, 3.05) is 0 Å². The third kappa shape index (κ3) is 5.61. The summed E-state index contributed by atoms with van der Waals surface area (Å²) < 4.78 is 4.40. The van der Waals surface area contributed by atoms with Crippen LogP contribution in [0, 0.1) is 56.7 Å². The van der Waals surface area contributed by atoms with E-state index in [0.29, 0.717) is 27.8 Å². The molecule has 0 atom stereocenters. The van der Waals surface area contributed by atoms with Gasteiger partial charge in [0.1, 0.15) is 0 Å². The van der Waals surface area contributed by atoms with Gasteiger partial charge >= 0.3 is 0 Å². The van der Waals surface area contributed by atoms with Crippen molar-refractivity contribution in [3.05, 3.63) is 186 Å². The van der Waals surface area contributed by atoms with Gasteiger partial charge in [0.05, 0.1) is 85.9 Å². The van der Waals surface area contributed by atoms with Crippen LogP contribution in [0.15, 0.2) is 158 Å². The highest BCUT2D eigenvalue weighted by Gasteiger charge is 2.20. The summed E-state index contributed by atoms with van der Waals surface area (Å²) in [6.07, 6.45) is 3.57. The highest BCUT2D eigenvalue weighted by atomic mass is 15.0. The van der Waals surface area contributed by atoms with Crippen LogP contribution in [0.3, 0.4) is 0 Å². The van der Waals surface area contributed by atoms with E-state index in [1.54, 1.807) is 42.6 Å². The summed E-state index contributed by atoms with van der Waals surface area (Å²) in [4.78, 5) is 4.59. The molecule has 0 fully saturated rings. The number of fused-ring (bicyclic) bond motifs is 6. The number of para-hydroxylation sites is 2. The molecule has 0 bridgehead atoms. The van der Waals surface area contributed by atoms with Crippen molar-refractivity contribution in [3.8, 4) is 75.1 Å². The molecular formula is C52H26N8. The Kier molecular flexibility index (Phi) is 8.23. The third-order valence-corrected chi connectivity index (χ3v) is 11.1. The maximum Gasteiger partial charge on any atom is 0.0998 e. The smallest absolute Gasteiger partial charge is 0.0998 e. The number of pyridine rings is 1. The molecule has 0 aliphatic carbocycles. The Morgan fingerprint density at radius 2 is 0.883 bits per heavy atom. The molecule has 8 nitrogen and oxygen atoms in total. The molecule has 60 heavy (non-hydrogen) atoms. The van der Waals surface area contributed by atoms with E-state index in [2.05, 4.69) is 99.1 Å². The van der Waals surface area contributed by atoms with Crippen LogP contribution in [0.1, 0.15) is 27.8 Å². The van der Waals surface area contributed by atoms with Crippen LogP contribution < -0.4 is 0 Å². The summed E-state index contributed by atoms with van der Waals surface area (Å²) in [5.41, 5.74) is 12.6. The molecule has 0 spiro atoms. The Hall–Kier alpha value is -9.26. The zero-order valence-electron chi connectivity index (χ0n) is 31.6. The largest absolute Gasteiger partial charge is 0.309 e. The molecule has 0 aliphatic rings. The molecular weight excluding hydrogens is 737 g/mol. The number of nitrogens with zero attached hydrogens (tertiary/aromatic N) is 8. The van der Waals surface area contributed by atoms with Gasteiger partial charge in [-0.05, 0) is 119 Å². The second kappa shape index (κ2) is 14.0. The van der Waals surface area contributed by atoms with Crippen molar-refractivity contribution in [1.29, 1.82) is 26.3 Å². The standard InChI is InChI=1S/C52H26N8/c53-26-32-17-33(27-54)20-39(19-32)36-10-13-50-45(23-36)42-5-1-3-7-48(42)59(50)41-12-9-38(30-57)44(25-41)47-31-58-16-15-52(47)60-49-8-4-2-6-43(49)46-24-37(11-14-51(46)60)40-21-34(28-55)18-35(22-40)29-56/h1-25,31H. The number of benzene rings is 7. The minimum absolute atomic E-state index is 0.423. The van der Waals surface area contributed by atoms with E-state index in [1.807, 2.05) is 60.8 Å². The van der Waals surface area contributed by atoms with Gasteiger partial charge in [0.15, 0.2) is 0 Å². The van der Waals surface area contributed by atoms with E-state index in [-0.39, 0.29) is 0 Å². The van der Waals surface area contributed by atoms with Gasteiger partial charge in [0.2, 0.25) is 0 Å². The minimum atomic E-state index is 0.423. The van der Waals surface area contributed by atoms with Gasteiger partial charge in [-0.25, -0.2) is 0 Å². The molecule has 0 aliphatic heterocycles. The van der Waals surface area contributed by atoms with Crippen LogP contribution in [0.2, 0.25) is 0 Å². The number of rotatable bonds is 5. The summed E-state index contributed by atoms with van der Waals surface area (Å²) in [6, 6.07) is 58.1. The molecule has 10 aromatic rings. The summed E-state index contributed by atoms with van der Waals surface area (Å²) in [6.45, 7) is 0. The molecule has 0 unspecified atom stereocenters. The lowest BCUT2D eigenvalue weighted by Crippen LogP contribution is -2.01. The van der Waals surface area contributed by atoms with Crippen LogP contribution >= 0.6 is 0 Å². The zero-order valence-corrected chi connectivity index (χ0v) is 31.6. The monoisotopic (exact) mass is 762 g/mol. The first kappa shape index (κ1) is 35.2. The second-order valence-corrected chi connectivity index (χ2v) is 14.4. The maximum atomic E-state index is 10.6. The van der Waals surface area contributed by atoms with Gasteiger partial charge in [-0.3, -0.25) is 4.98 Å². The lowest BCUT2D eigenvalue weighted by atomic mass is 9.98. The van der Waals surface area contributed by atoms with Gasteiger partial charge in [-0.15, -0.1) is 0 Å². The lowest BCUT2D eigenvalue weighted by molar-refractivity contribution is 1.15. The van der Waals surface area contributed by atoms with E-state index < -0.39 is 0 Å². The molecule has 0 N–H and O–H groups in total. The van der Waals surface area contributed by atoms with E-state index in [4.69, 9.17) is 0 Å². The molecule has 0 saturated heterocycles. The normalized spacial score (nSPS) is 10.9. The van der Waals surface area contributed by atoms with Crippen LogP contribution in [-0.2, 0) is 0 Å². The fourth-order valence-electron chi connectivity index (χ4n) is 8.47. The summed E-state index contributed by atoms with van der Waals surface area (Å²) in [5, 5.41) is 53.3. The van der Waals surface area contributed by atoms with Crippen LogP contribution in [0.5, 0.6) is 0 Å². The zero-order chi connectivity index (χ0) is 40.9. The van der Waals surface area contributed by atoms with E-state index in [0.717, 1.165) is 88.4 Å². The quantitative estimate of drug-likeness (QED) is 0.171. The van der Waals surface area contributed by atoms with Crippen molar-refractivity contribution in [2.24, 2.45) is 0 Å². The minimum Gasteiger partial charge on any atom is -0.309 e. The first-order valence-corrected chi connectivity index (χ1v) is 19.0. The van der Waals surface area contributed by atoms with Crippen molar-refractivity contribution in [2.45, 2.75) is 0 Å². The number of hydrogen-bond donors (Lipinski definition) is 0. The number of hydrogen-bond acceptors (Lipinski definition) is 6. The number of nitriles is 5. The molecule has 0 amide bonds. The SMILES string of the molecule is N#Cc1cc(C#N)cc(-c2ccc3c(c2)c2ccccc2n3-c2ccc(C#N)c(-c3cnccc3-n3c4ccccc4c4cc(-c5cc(C#N)cc(C#N)c5)ccc43)c2)c1. The molecule has 10 rings (SSSR count). The highest BCUT2D eigenvalue weighted by molar-refractivity contribution is 6.12. The van der Waals surface area contributed by atoms with Crippen molar-refractivity contribution >= 4 is 43.6 Å². The van der Waals surface area contributed by atoms with Crippen molar-refractivity contribution < 1.29 is 0 Å². The molecule has 3 aromatic heterocycles. The Morgan fingerprint density at radius 1 is 0.383 bits per heavy atom. The summed E-state index contributed by atoms with van der Waals surface area (Å²) >= 11 is 0. The maximum absolute atomic E-state index is 10.6. The van der Waals surface area contributed by atoms with E-state index in [1.165, 1.54) is 0 Å². The lowest BCUT2D eigenvalue weighted by Gasteiger charge is -2.16. The summed E-state index contributed by atoms with van der Waals surface area (Å²) in [5.74, 6) is 0. The second-order valence-electron chi connectivity index (χ2n) is 14.4.